The molecule has 94 valence electrons. The molecule has 17 heavy (non-hydrogen) atoms. The summed E-state index contributed by atoms with van der Waals surface area (Å²) in [6.07, 6.45) is 1.57. The predicted molar refractivity (Wildman–Crippen MR) is 71.7 cm³/mol. The van der Waals surface area contributed by atoms with Gasteiger partial charge in [0.05, 0.1) is 0 Å². The predicted octanol–water partition coefficient (Wildman–Crippen LogP) is 3.35. The molecule has 1 aromatic rings. The van der Waals surface area contributed by atoms with Crippen molar-refractivity contribution in [2.75, 3.05) is 18.0 Å². The first-order valence-electron chi connectivity index (χ1n) is 6.26. The normalized spacial score (nSPS) is 24.7. The van der Waals surface area contributed by atoms with Gasteiger partial charge in [-0.1, -0.05) is 39.3 Å². The Labute approximate surface area is 108 Å². The summed E-state index contributed by atoms with van der Waals surface area (Å²) in [5.74, 6) is 2.80. The van der Waals surface area contributed by atoms with Crippen LogP contribution in [0.1, 0.15) is 39.2 Å². The standard InChI is InChI=1S/C13H20ClN3/c1-8(2)11-12(14)15-7-16-13(11)17-5-9(3)10(4)6-17/h7-10H,5-6H2,1-4H3. The van der Waals surface area contributed by atoms with E-state index in [4.69, 9.17) is 11.6 Å². The Morgan fingerprint density at radius 1 is 1.24 bits per heavy atom. The van der Waals surface area contributed by atoms with E-state index in [1.54, 1.807) is 6.33 Å². The zero-order chi connectivity index (χ0) is 12.6. The van der Waals surface area contributed by atoms with Crippen LogP contribution >= 0.6 is 11.6 Å². The Hall–Kier alpha value is -0.830. The number of halogens is 1. The Kier molecular flexibility index (Phi) is 3.57. The van der Waals surface area contributed by atoms with Crippen molar-refractivity contribution in [1.82, 2.24) is 9.97 Å². The molecule has 0 radical (unpaired) electrons. The lowest BCUT2D eigenvalue weighted by Crippen LogP contribution is -2.23. The fourth-order valence-electron chi connectivity index (χ4n) is 2.42. The number of nitrogens with zero attached hydrogens (tertiary/aromatic N) is 3. The summed E-state index contributed by atoms with van der Waals surface area (Å²) in [5, 5.41) is 0.595. The highest BCUT2D eigenvalue weighted by molar-refractivity contribution is 6.30. The van der Waals surface area contributed by atoms with Gasteiger partial charge in [0.25, 0.3) is 0 Å². The van der Waals surface area contributed by atoms with Crippen LogP contribution in [0.25, 0.3) is 0 Å². The van der Waals surface area contributed by atoms with Crippen LogP contribution in [0, 0.1) is 11.8 Å². The van der Waals surface area contributed by atoms with Gasteiger partial charge in [-0.3, -0.25) is 0 Å². The lowest BCUT2D eigenvalue weighted by Gasteiger charge is -2.22. The maximum Gasteiger partial charge on any atom is 0.138 e. The van der Waals surface area contributed by atoms with Gasteiger partial charge in [0, 0.05) is 18.7 Å². The molecule has 4 heteroatoms. The minimum absolute atomic E-state index is 0.352. The summed E-state index contributed by atoms with van der Waals surface area (Å²) in [5.41, 5.74) is 1.08. The molecule has 3 nitrogen and oxygen atoms in total. The molecule has 0 aromatic carbocycles. The maximum absolute atomic E-state index is 6.20. The van der Waals surface area contributed by atoms with E-state index in [0.717, 1.165) is 24.5 Å². The third kappa shape index (κ3) is 2.39. The molecule has 0 spiro atoms. The molecule has 1 aliphatic rings. The van der Waals surface area contributed by atoms with E-state index in [0.29, 0.717) is 22.9 Å². The van der Waals surface area contributed by atoms with Gasteiger partial charge >= 0.3 is 0 Å². The van der Waals surface area contributed by atoms with Crippen LogP contribution in [0.15, 0.2) is 6.33 Å². The Bertz CT molecular complexity index is 396. The highest BCUT2D eigenvalue weighted by Gasteiger charge is 2.29. The molecule has 1 aromatic heterocycles. The molecule has 1 fully saturated rings. The van der Waals surface area contributed by atoms with Crippen molar-refractivity contribution in [1.29, 1.82) is 0 Å². The Morgan fingerprint density at radius 2 is 1.82 bits per heavy atom. The zero-order valence-corrected chi connectivity index (χ0v) is 11.7. The molecule has 0 amide bonds. The number of hydrogen-bond acceptors (Lipinski definition) is 3. The first kappa shape index (κ1) is 12.6. The van der Waals surface area contributed by atoms with E-state index in [1.807, 2.05) is 0 Å². The molecular formula is C13H20ClN3. The van der Waals surface area contributed by atoms with Gasteiger partial charge in [-0.05, 0) is 17.8 Å². The fraction of sp³-hybridized carbons (Fsp3) is 0.692. The largest absolute Gasteiger partial charge is 0.356 e. The molecular weight excluding hydrogens is 234 g/mol. The summed E-state index contributed by atoms with van der Waals surface area (Å²) in [4.78, 5) is 10.9. The molecule has 1 saturated heterocycles. The molecule has 1 aliphatic heterocycles. The second-order valence-corrected chi connectivity index (χ2v) is 5.77. The van der Waals surface area contributed by atoms with Crippen molar-refractivity contribution in [3.63, 3.8) is 0 Å². The van der Waals surface area contributed by atoms with Crippen LogP contribution in [0.4, 0.5) is 5.82 Å². The van der Waals surface area contributed by atoms with Gasteiger partial charge in [0.1, 0.15) is 17.3 Å². The van der Waals surface area contributed by atoms with Crippen LogP contribution in [-0.4, -0.2) is 23.1 Å². The third-order valence-corrected chi connectivity index (χ3v) is 3.98. The summed E-state index contributed by atoms with van der Waals surface area (Å²) in [6, 6.07) is 0. The molecule has 0 bridgehead atoms. The second kappa shape index (κ2) is 4.81. The van der Waals surface area contributed by atoms with Crippen molar-refractivity contribution >= 4 is 17.4 Å². The Balaban J connectivity index is 2.36. The summed E-state index contributed by atoms with van der Waals surface area (Å²) < 4.78 is 0. The van der Waals surface area contributed by atoms with E-state index in [-0.39, 0.29) is 0 Å². The van der Waals surface area contributed by atoms with E-state index < -0.39 is 0 Å². The highest BCUT2D eigenvalue weighted by atomic mass is 35.5. The van der Waals surface area contributed by atoms with Gasteiger partial charge in [-0.15, -0.1) is 0 Å². The summed E-state index contributed by atoms with van der Waals surface area (Å²) in [6.45, 7) is 11.0. The highest BCUT2D eigenvalue weighted by Crippen LogP contribution is 2.34. The molecule has 0 saturated carbocycles. The number of anilines is 1. The molecule has 2 heterocycles. The lowest BCUT2D eigenvalue weighted by atomic mass is 10.0. The van der Waals surface area contributed by atoms with Gasteiger partial charge < -0.3 is 4.90 Å². The van der Waals surface area contributed by atoms with Crippen molar-refractivity contribution in [3.05, 3.63) is 17.0 Å². The van der Waals surface area contributed by atoms with Crippen LogP contribution in [0.5, 0.6) is 0 Å². The average Bonchev–Trinajstić information content (AvgIpc) is 2.58. The van der Waals surface area contributed by atoms with E-state index >= 15 is 0 Å². The van der Waals surface area contributed by atoms with Crippen molar-refractivity contribution in [2.24, 2.45) is 11.8 Å². The molecule has 2 unspecified atom stereocenters. The van der Waals surface area contributed by atoms with Crippen LogP contribution in [0.3, 0.4) is 0 Å². The van der Waals surface area contributed by atoms with Crippen molar-refractivity contribution in [3.8, 4) is 0 Å². The minimum atomic E-state index is 0.352. The first-order chi connectivity index (χ1) is 8.00. The van der Waals surface area contributed by atoms with Crippen molar-refractivity contribution in [2.45, 2.75) is 33.6 Å². The molecule has 0 aliphatic carbocycles. The van der Waals surface area contributed by atoms with Gasteiger partial charge in [0.2, 0.25) is 0 Å². The molecule has 2 rings (SSSR count). The quantitative estimate of drug-likeness (QED) is 0.757. The van der Waals surface area contributed by atoms with Crippen molar-refractivity contribution < 1.29 is 0 Å². The van der Waals surface area contributed by atoms with E-state index in [2.05, 4.69) is 42.6 Å². The summed E-state index contributed by atoms with van der Waals surface area (Å²) in [7, 11) is 0. The monoisotopic (exact) mass is 253 g/mol. The topological polar surface area (TPSA) is 29.0 Å². The Morgan fingerprint density at radius 3 is 2.35 bits per heavy atom. The average molecular weight is 254 g/mol. The van der Waals surface area contributed by atoms with E-state index in [9.17, 15) is 0 Å². The lowest BCUT2D eigenvalue weighted by molar-refractivity contribution is 0.494. The number of aromatic nitrogens is 2. The number of rotatable bonds is 2. The SMILES string of the molecule is CC(C)c1c(Cl)ncnc1N1CC(C)C(C)C1. The van der Waals surface area contributed by atoms with Crippen LogP contribution in [0.2, 0.25) is 5.15 Å². The molecule has 2 atom stereocenters. The third-order valence-electron chi connectivity index (χ3n) is 3.68. The number of hydrogen-bond donors (Lipinski definition) is 0. The summed E-state index contributed by atoms with van der Waals surface area (Å²) >= 11 is 6.20. The molecule has 0 N–H and O–H groups in total. The second-order valence-electron chi connectivity index (χ2n) is 5.42. The maximum atomic E-state index is 6.20. The van der Waals surface area contributed by atoms with E-state index in [1.165, 1.54) is 0 Å². The fourth-order valence-corrected chi connectivity index (χ4v) is 2.76. The zero-order valence-electron chi connectivity index (χ0n) is 10.9. The van der Waals surface area contributed by atoms with Gasteiger partial charge in [-0.2, -0.15) is 0 Å². The van der Waals surface area contributed by atoms with Gasteiger partial charge in [-0.25, -0.2) is 9.97 Å². The smallest absolute Gasteiger partial charge is 0.138 e. The first-order valence-corrected chi connectivity index (χ1v) is 6.63. The van der Waals surface area contributed by atoms with Crippen LogP contribution in [-0.2, 0) is 0 Å². The minimum Gasteiger partial charge on any atom is -0.356 e. The van der Waals surface area contributed by atoms with Crippen LogP contribution < -0.4 is 4.90 Å². The van der Waals surface area contributed by atoms with Gasteiger partial charge in [0.15, 0.2) is 0 Å².